The first-order valence-electron chi connectivity index (χ1n) is 7.17. The molecule has 2 rings (SSSR count). The summed E-state index contributed by atoms with van der Waals surface area (Å²) in [5.41, 5.74) is 6.16. The largest absolute Gasteiger partial charge is 0.380 e. The van der Waals surface area contributed by atoms with Gasteiger partial charge in [0.2, 0.25) is 0 Å². The molecule has 0 fully saturated rings. The van der Waals surface area contributed by atoms with Gasteiger partial charge in [0.25, 0.3) is 0 Å². The first-order chi connectivity index (χ1) is 10.6. The Morgan fingerprint density at radius 1 is 0.864 bits per heavy atom. The molecule has 0 aromatic heterocycles. The molecule has 0 saturated carbocycles. The van der Waals surface area contributed by atoms with Crippen molar-refractivity contribution in [1.82, 2.24) is 0 Å². The van der Waals surface area contributed by atoms with Gasteiger partial charge in [-0.1, -0.05) is 18.2 Å². The predicted octanol–water partition coefficient (Wildman–Crippen LogP) is 4.76. The summed E-state index contributed by atoms with van der Waals surface area (Å²) in [4.78, 5) is 0. The molecule has 22 heavy (non-hydrogen) atoms. The van der Waals surface area contributed by atoms with E-state index in [0.717, 1.165) is 40.1 Å². The van der Waals surface area contributed by atoms with Gasteiger partial charge in [-0.2, -0.15) is 0 Å². The molecule has 0 spiro atoms. The van der Waals surface area contributed by atoms with E-state index in [0.29, 0.717) is 12.8 Å². The van der Waals surface area contributed by atoms with Crippen LogP contribution >= 0.6 is 27.7 Å². The third kappa shape index (κ3) is 3.93. The summed E-state index contributed by atoms with van der Waals surface area (Å²) in [5, 5.41) is 0. The topological polar surface area (TPSA) is 9.23 Å². The number of hydrogen-bond donors (Lipinski definition) is 0. The lowest BCUT2D eigenvalue weighted by molar-refractivity contribution is 0.184. The number of methoxy groups -OCH3 is 1. The molecule has 0 aliphatic heterocycles. The van der Waals surface area contributed by atoms with E-state index in [9.17, 15) is 4.39 Å². The zero-order valence-electron chi connectivity index (χ0n) is 12.7. The lowest BCUT2D eigenvalue weighted by Crippen LogP contribution is -1.97. The van der Waals surface area contributed by atoms with Crippen molar-refractivity contribution in [2.45, 2.75) is 25.1 Å². The van der Waals surface area contributed by atoms with Crippen molar-refractivity contribution in [1.29, 1.82) is 0 Å². The van der Waals surface area contributed by atoms with Gasteiger partial charge in [0.15, 0.2) is 0 Å². The average Bonchev–Trinajstić information content (AvgIpc) is 2.54. The molecule has 0 aliphatic rings. The summed E-state index contributed by atoms with van der Waals surface area (Å²) in [7, 11) is 9.71. The molecule has 0 N–H and O–H groups in total. The van der Waals surface area contributed by atoms with Crippen molar-refractivity contribution in [2.24, 2.45) is 0 Å². The number of hydrogen-bond acceptors (Lipinski definition) is 1. The third-order valence-electron chi connectivity index (χ3n) is 3.77. The Bertz CT molecular complexity index is 659. The Hall–Kier alpha value is -0.380. The second-order valence-corrected chi connectivity index (χ2v) is 6.35. The van der Waals surface area contributed by atoms with Crippen LogP contribution in [0.5, 0.6) is 0 Å². The van der Waals surface area contributed by atoms with Crippen molar-refractivity contribution in [3.8, 4) is 11.1 Å². The van der Waals surface area contributed by atoms with E-state index in [1.54, 1.807) is 13.2 Å². The summed E-state index contributed by atoms with van der Waals surface area (Å²) in [6.45, 7) is 0.570. The highest BCUT2D eigenvalue weighted by Crippen LogP contribution is 2.30. The molecule has 1 nitrogen and oxygen atoms in total. The summed E-state index contributed by atoms with van der Waals surface area (Å²) < 4.78 is 19.6. The molecule has 0 amide bonds. The Morgan fingerprint density at radius 3 is 2.14 bits per heavy atom. The third-order valence-corrected chi connectivity index (χ3v) is 5.06. The van der Waals surface area contributed by atoms with E-state index in [4.69, 9.17) is 4.74 Å². The van der Waals surface area contributed by atoms with Gasteiger partial charge in [0.05, 0.1) is 6.61 Å². The standard InChI is InChI=1S/C17H22FOP3/c1-19-7-14-4-11(2-3-12(14)8-20)13-5-15(9-21)16(10-22)17(18)6-13/h2-6H,7-10,20-22H2,1H3. The monoisotopic (exact) mass is 354 g/mol. The highest BCUT2D eigenvalue weighted by Gasteiger charge is 2.11. The van der Waals surface area contributed by atoms with Crippen LogP contribution < -0.4 is 0 Å². The van der Waals surface area contributed by atoms with Gasteiger partial charge in [0.1, 0.15) is 5.82 Å². The molecule has 2 aromatic rings. The Labute approximate surface area is 139 Å². The second-order valence-electron chi connectivity index (χ2n) is 5.12. The number of halogens is 1. The molecule has 3 atom stereocenters. The highest BCUT2D eigenvalue weighted by molar-refractivity contribution is 7.16. The summed E-state index contributed by atoms with van der Waals surface area (Å²) in [6, 6.07) is 9.97. The van der Waals surface area contributed by atoms with Crippen molar-refractivity contribution in [2.75, 3.05) is 7.11 Å². The lowest BCUT2D eigenvalue weighted by atomic mass is 9.97. The van der Waals surface area contributed by atoms with Crippen molar-refractivity contribution in [3.63, 3.8) is 0 Å². The molecule has 0 radical (unpaired) electrons. The van der Waals surface area contributed by atoms with E-state index in [1.165, 1.54) is 5.56 Å². The van der Waals surface area contributed by atoms with Crippen LogP contribution in [0.3, 0.4) is 0 Å². The molecule has 3 unspecified atom stereocenters. The van der Waals surface area contributed by atoms with Crippen molar-refractivity contribution in [3.05, 3.63) is 58.4 Å². The van der Waals surface area contributed by atoms with Crippen molar-refractivity contribution >= 4 is 27.7 Å². The fraction of sp³-hybridized carbons (Fsp3) is 0.294. The van der Waals surface area contributed by atoms with Gasteiger partial charge in [-0.05, 0) is 64.0 Å². The molecule has 0 heterocycles. The van der Waals surface area contributed by atoms with Gasteiger partial charge >= 0.3 is 0 Å². The fourth-order valence-corrected chi connectivity index (χ4v) is 3.79. The van der Waals surface area contributed by atoms with E-state index < -0.39 is 0 Å². The van der Waals surface area contributed by atoms with Crippen LogP contribution in [0.2, 0.25) is 0 Å². The van der Waals surface area contributed by atoms with Gasteiger partial charge in [0, 0.05) is 7.11 Å². The van der Waals surface area contributed by atoms with Gasteiger partial charge in [-0.15, -0.1) is 27.7 Å². The van der Waals surface area contributed by atoms with Crippen LogP contribution in [0.4, 0.5) is 4.39 Å². The second kappa shape index (κ2) is 8.47. The van der Waals surface area contributed by atoms with Crippen LogP contribution in [-0.2, 0) is 29.8 Å². The van der Waals surface area contributed by atoms with Gasteiger partial charge in [-0.25, -0.2) is 4.39 Å². The minimum atomic E-state index is -0.131. The Kier molecular flexibility index (Phi) is 6.91. The normalized spacial score (nSPS) is 11.0. The van der Waals surface area contributed by atoms with Crippen LogP contribution in [0, 0.1) is 5.82 Å². The maximum Gasteiger partial charge on any atom is 0.127 e. The minimum Gasteiger partial charge on any atom is -0.380 e. The maximum absolute atomic E-state index is 14.3. The summed E-state index contributed by atoms with van der Waals surface area (Å²) in [6.07, 6.45) is 2.27. The fourth-order valence-electron chi connectivity index (χ4n) is 2.57. The number of rotatable bonds is 6. The zero-order chi connectivity index (χ0) is 16.1. The summed E-state index contributed by atoms with van der Waals surface area (Å²) in [5.74, 6) is -0.131. The molecular formula is C17H22FOP3. The molecule has 0 saturated heterocycles. The zero-order valence-corrected chi connectivity index (χ0v) is 16.2. The van der Waals surface area contributed by atoms with E-state index in [1.807, 2.05) is 0 Å². The maximum atomic E-state index is 14.3. The number of ether oxygens (including phenoxy) is 1. The Balaban J connectivity index is 2.52. The van der Waals surface area contributed by atoms with Crippen LogP contribution in [0.15, 0.2) is 30.3 Å². The highest BCUT2D eigenvalue weighted by atomic mass is 31.0. The quantitative estimate of drug-likeness (QED) is 0.680. The minimum absolute atomic E-state index is 0.131. The van der Waals surface area contributed by atoms with E-state index in [-0.39, 0.29) is 5.82 Å². The first kappa shape index (κ1) is 18.0. The smallest absolute Gasteiger partial charge is 0.127 e. The molecule has 118 valence electrons. The van der Waals surface area contributed by atoms with Gasteiger partial charge < -0.3 is 4.74 Å². The molecule has 2 aromatic carbocycles. The van der Waals surface area contributed by atoms with E-state index >= 15 is 0 Å². The molecule has 0 bridgehead atoms. The van der Waals surface area contributed by atoms with Gasteiger partial charge in [-0.3, -0.25) is 0 Å². The molecule has 0 aliphatic carbocycles. The first-order valence-corrected chi connectivity index (χ1v) is 9.62. The lowest BCUT2D eigenvalue weighted by Gasteiger charge is -2.13. The SMILES string of the molecule is COCc1cc(-c2cc(F)c(CP)c(CP)c2)ccc1CP. The molecule has 5 heteroatoms. The van der Waals surface area contributed by atoms with Crippen LogP contribution in [0.25, 0.3) is 11.1 Å². The van der Waals surface area contributed by atoms with E-state index in [2.05, 4.69) is 52.0 Å². The molecular weight excluding hydrogens is 332 g/mol. The van der Waals surface area contributed by atoms with Crippen LogP contribution in [-0.4, -0.2) is 7.11 Å². The Morgan fingerprint density at radius 2 is 1.55 bits per heavy atom. The predicted molar refractivity (Wildman–Crippen MR) is 103 cm³/mol. The number of benzene rings is 2. The van der Waals surface area contributed by atoms with Crippen LogP contribution in [0.1, 0.15) is 22.3 Å². The average molecular weight is 354 g/mol. The summed E-state index contributed by atoms with van der Waals surface area (Å²) >= 11 is 0. The van der Waals surface area contributed by atoms with Crippen molar-refractivity contribution < 1.29 is 9.13 Å².